The molecule has 0 aliphatic carbocycles. The molecule has 0 spiro atoms. The van der Waals surface area contributed by atoms with E-state index < -0.39 is 0 Å². The Morgan fingerprint density at radius 3 is 2.44 bits per heavy atom. The van der Waals surface area contributed by atoms with Gasteiger partial charge in [0.2, 0.25) is 0 Å². The lowest BCUT2D eigenvalue weighted by Gasteiger charge is -2.05. The van der Waals surface area contributed by atoms with Gasteiger partial charge in [0.15, 0.2) is 0 Å². The summed E-state index contributed by atoms with van der Waals surface area (Å²) in [6, 6.07) is 5.86. The van der Waals surface area contributed by atoms with Crippen LogP contribution in [-0.2, 0) is 6.42 Å². The monoisotopic (exact) mass is 279 g/mol. The lowest BCUT2D eigenvalue weighted by molar-refractivity contribution is 0.887. The van der Waals surface area contributed by atoms with Gasteiger partial charge in [-0.25, -0.2) is 15.0 Å². The van der Waals surface area contributed by atoms with Gasteiger partial charge in [0.1, 0.15) is 21.0 Å². The molecule has 2 heterocycles. The second kappa shape index (κ2) is 5.67. The maximum absolute atomic E-state index is 5.97. The minimum atomic E-state index is 0.480. The maximum atomic E-state index is 5.97. The second-order valence-corrected chi connectivity index (χ2v) is 5.45. The lowest BCUT2D eigenvalue weighted by atomic mass is 10.3. The summed E-state index contributed by atoms with van der Waals surface area (Å²) < 4.78 is 0. The molecule has 0 saturated carbocycles. The predicted molar refractivity (Wildman–Crippen MR) is 74.3 cm³/mol. The smallest absolute Gasteiger partial charge is 0.133 e. The van der Waals surface area contributed by atoms with E-state index in [9.17, 15) is 0 Å². The number of hydrogen-bond donors (Lipinski definition) is 0. The molecular weight excluding hydrogens is 266 g/mol. The summed E-state index contributed by atoms with van der Waals surface area (Å²) in [5.41, 5.74) is 2.20. The molecule has 0 N–H and O–H groups in total. The molecule has 0 bridgehead atoms. The largest absolute Gasteiger partial charge is 0.246 e. The molecule has 18 heavy (non-hydrogen) atoms. The third-order valence-electron chi connectivity index (χ3n) is 2.32. The summed E-state index contributed by atoms with van der Waals surface area (Å²) in [7, 11) is 0. The summed E-state index contributed by atoms with van der Waals surface area (Å²) in [6.07, 6.45) is 0.772. The van der Waals surface area contributed by atoms with Crippen molar-refractivity contribution in [2.75, 3.05) is 0 Å². The van der Waals surface area contributed by atoms with E-state index in [-0.39, 0.29) is 0 Å². The standard InChI is InChI=1S/C13H14ClN3S/c1-4-11-16-10(14)7-13(17-11)18-12-6-8(2)5-9(3)15-12/h5-7H,4H2,1-3H3. The molecule has 0 aromatic carbocycles. The summed E-state index contributed by atoms with van der Waals surface area (Å²) in [6.45, 7) is 6.06. The van der Waals surface area contributed by atoms with Crippen molar-refractivity contribution in [1.82, 2.24) is 15.0 Å². The minimum Gasteiger partial charge on any atom is -0.246 e. The first-order valence-corrected chi connectivity index (χ1v) is 6.93. The first kappa shape index (κ1) is 13.3. The third-order valence-corrected chi connectivity index (χ3v) is 3.35. The first-order chi connectivity index (χ1) is 8.56. The van der Waals surface area contributed by atoms with Gasteiger partial charge < -0.3 is 0 Å². The normalized spacial score (nSPS) is 10.7. The zero-order chi connectivity index (χ0) is 13.1. The topological polar surface area (TPSA) is 38.7 Å². The Balaban J connectivity index is 2.30. The Labute approximate surface area is 116 Å². The molecule has 2 rings (SSSR count). The number of rotatable bonds is 3. The van der Waals surface area contributed by atoms with Crippen LogP contribution in [0.1, 0.15) is 24.0 Å². The van der Waals surface area contributed by atoms with Crippen molar-refractivity contribution in [2.24, 2.45) is 0 Å². The van der Waals surface area contributed by atoms with Crippen molar-refractivity contribution < 1.29 is 0 Å². The number of aryl methyl sites for hydroxylation is 3. The van der Waals surface area contributed by atoms with Gasteiger partial charge in [-0.1, -0.05) is 18.5 Å². The Morgan fingerprint density at radius 2 is 1.78 bits per heavy atom. The molecular formula is C13H14ClN3S. The second-order valence-electron chi connectivity index (χ2n) is 4.02. The summed E-state index contributed by atoms with van der Waals surface area (Å²) in [5.74, 6) is 0.759. The number of aromatic nitrogens is 3. The number of pyridine rings is 1. The van der Waals surface area contributed by atoms with Gasteiger partial charge in [0.05, 0.1) is 0 Å². The maximum Gasteiger partial charge on any atom is 0.133 e. The van der Waals surface area contributed by atoms with Crippen LogP contribution in [-0.4, -0.2) is 15.0 Å². The van der Waals surface area contributed by atoms with Crippen LogP contribution in [0.4, 0.5) is 0 Å². The molecule has 0 unspecified atom stereocenters. The van der Waals surface area contributed by atoms with Gasteiger partial charge in [-0.3, -0.25) is 0 Å². The Bertz CT molecular complexity index is 552. The van der Waals surface area contributed by atoms with Gasteiger partial charge in [0.25, 0.3) is 0 Å². The van der Waals surface area contributed by atoms with Gasteiger partial charge in [-0.15, -0.1) is 0 Å². The zero-order valence-electron chi connectivity index (χ0n) is 10.6. The van der Waals surface area contributed by atoms with Crippen LogP contribution in [0.3, 0.4) is 0 Å². The van der Waals surface area contributed by atoms with E-state index in [1.807, 2.05) is 19.9 Å². The third kappa shape index (κ3) is 3.43. The van der Waals surface area contributed by atoms with Crippen LogP contribution in [0.15, 0.2) is 28.3 Å². The molecule has 0 aliphatic heterocycles. The fraction of sp³-hybridized carbons (Fsp3) is 0.308. The number of hydrogen-bond acceptors (Lipinski definition) is 4. The van der Waals surface area contributed by atoms with E-state index in [1.165, 1.54) is 17.3 Å². The Hall–Kier alpha value is -1.13. The van der Waals surface area contributed by atoms with E-state index in [1.54, 1.807) is 6.07 Å². The van der Waals surface area contributed by atoms with E-state index in [0.29, 0.717) is 5.15 Å². The molecule has 5 heteroatoms. The zero-order valence-corrected chi connectivity index (χ0v) is 12.1. The fourth-order valence-electron chi connectivity index (χ4n) is 1.62. The molecule has 94 valence electrons. The molecule has 0 saturated heterocycles. The SMILES string of the molecule is CCc1nc(Cl)cc(Sc2cc(C)cc(C)n2)n1. The average Bonchev–Trinajstić information content (AvgIpc) is 2.26. The van der Waals surface area contributed by atoms with E-state index in [0.717, 1.165) is 28.0 Å². The number of halogens is 1. The van der Waals surface area contributed by atoms with Crippen LogP contribution in [0.2, 0.25) is 5.15 Å². The molecule has 0 amide bonds. The molecule has 0 aliphatic rings. The molecule has 3 nitrogen and oxygen atoms in total. The van der Waals surface area contributed by atoms with Crippen molar-refractivity contribution in [2.45, 2.75) is 37.2 Å². The van der Waals surface area contributed by atoms with Crippen LogP contribution < -0.4 is 0 Å². The van der Waals surface area contributed by atoms with E-state index in [2.05, 4.69) is 27.9 Å². The minimum absolute atomic E-state index is 0.480. The van der Waals surface area contributed by atoms with Gasteiger partial charge in [-0.05, 0) is 43.3 Å². The van der Waals surface area contributed by atoms with Crippen molar-refractivity contribution in [3.05, 3.63) is 40.4 Å². The Morgan fingerprint density at radius 1 is 1.06 bits per heavy atom. The van der Waals surface area contributed by atoms with Crippen molar-refractivity contribution in [1.29, 1.82) is 0 Å². The predicted octanol–water partition coefficient (Wildman–Crippen LogP) is 3.86. The number of nitrogens with zero attached hydrogens (tertiary/aromatic N) is 3. The highest BCUT2D eigenvalue weighted by Gasteiger charge is 2.06. The van der Waals surface area contributed by atoms with Crippen LogP contribution >= 0.6 is 23.4 Å². The van der Waals surface area contributed by atoms with E-state index >= 15 is 0 Å². The highest BCUT2D eigenvalue weighted by Crippen LogP contribution is 2.26. The molecule has 0 atom stereocenters. The van der Waals surface area contributed by atoms with Crippen LogP contribution in [0.5, 0.6) is 0 Å². The summed E-state index contributed by atoms with van der Waals surface area (Å²) in [4.78, 5) is 13.1. The quantitative estimate of drug-likeness (QED) is 0.800. The highest BCUT2D eigenvalue weighted by atomic mass is 35.5. The molecule has 0 radical (unpaired) electrons. The van der Waals surface area contributed by atoms with Crippen LogP contribution in [0.25, 0.3) is 0 Å². The molecule has 0 fully saturated rings. The fourth-order valence-corrected chi connectivity index (χ4v) is 2.85. The van der Waals surface area contributed by atoms with Gasteiger partial charge in [0, 0.05) is 18.2 Å². The van der Waals surface area contributed by atoms with Crippen molar-refractivity contribution in [3.63, 3.8) is 0 Å². The summed E-state index contributed by atoms with van der Waals surface area (Å²) in [5, 5.41) is 2.25. The lowest BCUT2D eigenvalue weighted by Crippen LogP contribution is -1.95. The molecule has 2 aromatic rings. The first-order valence-electron chi connectivity index (χ1n) is 5.73. The van der Waals surface area contributed by atoms with Crippen LogP contribution in [0, 0.1) is 13.8 Å². The molecule has 2 aromatic heterocycles. The van der Waals surface area contributed by atoms with Crippen molar-refractivity contribution >= 4 is 23.4 Å². The van der Waals surface area contributed by atoms with E-state index in [4.69, 9.17) is 11.6 Å². The Kier molecular flexibility index (Phi) is 4.19. The highest BCUT2D eigenvalue weighted by molar-refractivity contribution is 7.99. The van der Waals surface area contributed by atoms with Gasteiger partial charge in [-0.2, -0.15) is 0 Å². The van der Waals surface area contributed by atoms with Gasteiger partial charge >= 0.3 is 0 Å². The average molecular weight is 280 g/mol. The van der Waals surface area contributed by atoms with Crippen molar-refractivity contribution in [3.8, 4) is 0 Å². The summed E-state index contributed by atoms with van der Waals surface area (Å²) >= 11 is 7.49.